The number of aromatic nitrogens is 2. The average molecular weight is 225 g/mol. The predicted molar refractivity (Wildman–Crippen MR) is 65.0 cm³/mol. The molecule has 1 aliphatic heterocycles. The number of nitrogens with two attached hydrogens (primary N) is 2. The molecule has 0 spiro atoms. The third kappa shape index (κ3) is 2.26. The molecule has 1 fully saturated rings. The maximum Gasteiger partial charge on any atom is 0.223 e. The SMILES string of the molecule is CC1CSCCN1c1cc(N)nc(N)n1. The lowest BCUT2D eigenvalue weighted by Gasteiger charge is -2.34. The van der Waals surface area contributed by atoms with Crippen LogP contribution in [0.5, 0.6) is 0 Å². The van der Waals surface area contributed by atoms with Gasteiger partial charge in [0, 0.05) is 30.2 Å². The fraction of sp³-hybridized carbons (Fsp3) is 0.556. The Morgan fingerprint density at radius 1 is 1.47 bits per heavy atom. The highest BCUT2D eigenvalue weighted by Crippen LogP contribution is 2.23. The van der Waals surface area contributed by atoms with Gasteiger partial charge in [-0.25, -0.2) is 0 Å². The summed E-state index contributed by atoms with van der Waals surface area (Å²) >= 11 is 1.96. The van der Waals surface area contributed by atoms with Crippen LogP contribution in [0.3, 0.4) is 0 Å². The maximum atomic E-state index is 5.65. The van der Waals surface area contributed by atoms with Gasteiger partial charge < -0.3 is 16.4 Å². The molecule has 1 unspecified atom stereocenters. The Bertz CT molecular complexity index is 336. The van der Waals surface area contributed by atoms with E-state index in [1.807, 2.05) is 11.8 Å². The molecule has 0 radical (unpaired) electrons. The Labute approximate surface area is 93.3 Å². The van der Waals surface area contributed by atoms with E-state index in [0.29, 0.717) is 11.9 Å². The molecule has 0 aliphatic carbocycles. The van der Waals surface area contributed by atoms with Crippen molar-refractivity contribution in [1.29, 1.82) is 0 Å². The lowest BCUT2D eigenvalue weighted by atomic mass is 10.3. The van der Waals surface area contributed by atoms with E-state index in [1.165, 1.54) is 0 Å². The summed E-state index contributed by atoms with van der Waals surface area (Å²) < 4.78 is 0. The summed E-state index contributed by atoms with van der Waals surface area (Å²) in [6.45, 7) is 3.17. The predicted octanol–water partition coefficient (Wildman–Crippen LogP) is 0.583. The first-order valence-corrected chi connectivity index (χ1v) is 6.06. The molecule has 0 amide bonds. The molecule has 0 saturated carbocycles. The zero-order valence-electron chi connectivity index (χ0n) is 8.68. The number of nitrogens with zero attached hydrogens (tertiary/aromatic N) is 3. The van der Waals surface area contributed by atoms with Crippen LogP contribution in [0, 0.1) is 0 Å². The maximum absolute atomic E-state index is 5.65. The van der Waals surface area contributed by atoms with E-state index < -0.39 is 0 Å². The van der Waals surface area contributed by atoms with Gasteiger partial charge in [-0.05, 0) is 6.92 Å². The minimum atomic E-state index is 0.246. The van der Waals surface area contributed by atoms with Crippen LogP contribution < -0.4 is 16.4 Å². The Morgan fingerprint density at radius 2 is 2.27 bits per heavy atom. The fourth-order valence-electron chi connectivity index (χ4n) is 1.69. The Kier molecular flexibility index (Phi) is 2.86. The lowest BCUT2D eigenvalue weighted by molar-refractivity contribution is 0.689. The van der Waals surface area contributed by atoms with Crippen molar-refractivity contribution in [1.82, 2.24) is 9.97 Å². The van der Waals surface area contributed by atoms with Gasteiger partial charge in [0.2, 0.25) is 5.95 Å². The van der Waals surface area contributed by atoms with E-state index in [1.54, 1.807) is 6.07 Å². The van der Waals surface area contributed by atoms with E-state index in [4.69, 9.17) is 11.5 Å². The average Bonchev–Trinajstić information content (AvgIpc) is 2.16. The van der Waals surface area contributed by atoms with Crippen LogP contribution in [-0.2, 0) is 0 Å². The van der Waals surface area contributed by atoms with Crippen LogP contribution >= 0.6 is 11.8 Å². The van der Waals surface area contributed by atoms with Crippen molar-refractivity contribution in [3.05, 3.63) is 6.07 Å². The highest BCUT2D eigenvalue weighted by atomic mass is 32.2. The van der Waals surface area contributed by atoms with Crippen LogP contribution in [-0.4, -0.2) is 34.1 Å². The van der Waals surface area contributed by atoms with Gasteiger partial charge in [0.05, 0.1) is 0 Å². The van der Waals surface area contributed by atoms with Crippen LogP contribution in [0.2, 0.25) is 0 Å². The highest BCUT2D eigenvalue weighted by molar-refractivity contribution is 7.99. The van der Waals surface area contributed by atoms with Crippen LogP contribution in [0.4, 0.5) is 17.6 Å². The van der Waals surface area contributed by atoms with Gasteiger partial charge in [-0.15, -0.1) is 0 Å². The zero-order valence-corrected chi connectivity index (χ0v) is 9.50. The molecule has 6 heteroatoms. The third-order valence-corrected chi connectivity index (χ3v) is 3.60. The smallest absolute Gasteiger partial charge is 0.223 e. The summed E-state index contributed by atoms with van der Waals surface area (Å²) in [5, 5.41) is 0. The summed E-state index contributed by atoms with van der Waals surface area (Å²) in [7, 11) is 0. The van der Waals surface area contributed by atoms with Crippen molar-refractivity contribution < 1.29 is 0 Å². The van der Waals surface area contributed by atoms with Gasteiger partial charge in [-0.2, -0.15) is 21.7 Å². The topological polar surface area (TPSA) is 81.1 Å². The summed E-state index contributed by atoms with van der Waals surface area (Å²) in [6.07, 6.45) is 0. The molecule has 1 aromatic heterocycles. The first kappa shape index (κ1) is 10.4. The second-order valence-electron chi connectivity index (χ2n) is 3.63. The molecule has 0 bridgehead atoms. The van der Waals surface area contributed by atoms with E-state index in [2.05, 4.69) is 21.8 Å². The second-order valence-corrected chi connectivity index (χ2v) is 4.78. The van der Waals surface area contributed by atoms with Crippen LogP contribution in [0.1, 0.15) is 6.92 Å². The van der Waals surface area contributed by atoms with Gasteiger partial charge in [-0.3, -0.25) is 0 Å². The third-order valence-electron chi connectivity index (χ3n) is 2.41. The molecule has 4 N–H and O–H groups in total. The Morgan fingerprint density at radius 3 is 2.93 bits per heavy atom. The molecule has 1 aromatic rings. The first-order chi connectivity index (χ1) is 7.16. The molecule has 0 aromatic carbocycles. The van der Waals surface area contributed by atoms with Gasteiger partial charge >= 0.3 is 0 Å². The van der Waals surface area contributed by atoms with E-state index in [9.17, 15) is 0 Å². The van der Waals surface area contributed by atoms with Crippen molar-refractivity contribution >= 4 is 29.3 Å². The summed E-state index contributed by atoms with van der Waals surface area (Å²) in [6, 6.07) is 2.25. The molecule has 5 nitrogen and oxygen atoms in total. The van der Waals surface area contributed by atoms with Crippen molar-refractivity contribution in [2.24, 2.45) is 0 Å². The van der Waals surface area contributed by atoms with Gasteiger partial charge in [0.1, 0.15) is 11.6 Å². The van der Waals surface area contributed by atoms with Crippen molar-refractivity contribution in [3.63, 3.8) is 0 Å². The normalized spacial score (nSPS) is 21.7. The summed E-state index contributed by atoms with van der Waals surface area (Å²) in [4.78, 5) is 10.3. The minimum absolute atomic E-state index is 0.246. The Balaban J connectivity index is 2.27. The lowest BCUT2D eigenvalue weighted by Crippen LogP contribution is -2.41. The zero-order chi connectivity index (χ0) is 10.8. The summed E-state index contributed by atoms with van der Waals surface area (Å²) in [5.74, 6) is 3.75. The quantitative estimate of drug-likeness (QED) is 0.727. The molecule has 1 atom stereocenters. The monoisotopic (exact) mass is 225 g/mol. The first-order valence-electron chi connectivity index (χ1n) is 4.91. The highest BCUT2D eigenvalue weighted by Gasteiger charge is 2.20. The van der Waals surface area contributed by atoms with E-state index in [-0.39, 0.29) is 5.95 Å². The molecule has 1 saturated heterocycles. The minimum Gasteiger partial charge on any atom is -0.383 e. The Hall–Kier alpha value is -1.17. The number of nitrogen functional groups attached to an aromatic ring is 2. The van der Waals surface area contributed by atoms with Crippen molar-refractivity contribution in [2.75, 3.05) is 34.4 Å². The number of anilines is 3. The van der Waals surface area contributed by atoms with E-state index >= 15 is 0 Å². The largest absolute Gasteiger partial charge is 0.383 e. The van der Waals surface area contributed by atoms with Crippen LogP contribution in [0.25, 0.3) is 0 Å². The second kappa shape index (κ2) is 4.14. The van der Waals surface area contributed by atoms with Crippen molar-refractivity contribution in [3.8, 4) is 0 Å². The molecule has 15 heavy (non-hydrogen) atoms. The molecule has 82 valence electrons. The number of thioether (sulfide) groups is 1. The van der Waals surface area contributed by atoms with Crippen molar-refractivity contribution in [2.45, 2.75) is 13.0 Å². The molecular weight excluding hydrogens is 210 g/mol. The van der Waals surface area contributed by atoms with E-state index in [0.717, 1.165) is 23.9 Å². The van der Waals surface area contributed by atoms with Gasteiger partial charge in [0.15, 0.2) is 0 Å². The number of hydrogen-bond donors (Lipinski definition) is 2. The molecule has 2 heterocycles. The van der Waals surface area contributed by atoms with Gasteiger partial charge in [0.25, 0.3) is 0 Å². The van der Waals surface area contributed by atoms with Crippen LogP contribution in [0.15, 0.2) is 6.07 Å². The summed E-state index contributed by atoms with van der Waals surface area (Å²) in [5.41, 5.74) is 11.2. The molecular formula is C9H15N5S. The van der Waals surface area contributed by atoms with Gasteiger partial charge in [-0.1, -0.05) is 0 Å². The number of rotatable bonds is 1. The molecule has 2 rings (SSSR count). The number of hydrogen-bond acceptors (Lipinski definition) is 6. The molecule has 1 aliphatic rings. The fourth-order valence-corrected chi connectivity index (χ4v) is 2.70. The standard InChI is InChI=1S/C9H15N5S/c1-6-5-15-3-2-14(6)8-4-7(10)12-9(11)13-8/h4,6H,2-3,5H2,1H3,(H4,10,11,12,13).